The minimum atomic E-state index is 0.408. The summed E-state index contributed by atoms with van der Waals surface area (Å²) in [6.45, 7) is 0. The Labute approximate surface area is 149 Å². The van der Waals surface area contributed by atoms with E-state index in [0.29, 0.717) is 11.1 Å². The van der Waals surface area contributed by atoms with Gasteiger partial charge in [-0.25, -0.2) is 9.97 Å². The van der Waals surface area contributed by atoms with Crippen LogP contribution in [-0.4, -0.2) is 20.7 Å². The van der Waals surface area contributed by atoms with Crippen LogP contribution in [0.1, 0.15) is 6.42 Å². The summed E-state index contributed by atoms with van der Waals surface area (Å²) in [5.74, 6) is 1.70. The zero-order valence-corrected chi connectivity index (χ0v) is 14.5. The lowest BCUT2D eigenvalue weighted by atomic mass is 10.0. The van der Waals surface area contributed by atoms with Crippen molar-refractivity contribution in [3.63, 3.8) is 0 Å². The smallest absolute Gasteiger partial charge is 0.156 e. The molecule has 0 saturated heterocycles. The lowest BCUT2D eigenvalue weighted by molar-refractivity contribution is 0.749. The molecule has 3 aromatic rings. The second kappa shape index (κ2) is 6.83. The van der Waals surface area contributed by atoms with E-state index in [2.05, 4.69) is 63.5 Å². The first-order valence-electron chi connectivity index (χ1n) is 7.86. The molecule has 0 bridgehead atoms. The number of nitrogens with one attached hydrogen (secondary N) is 1. The topological polar surface area (TPSA) is 41.6 Å². The van der Waals surface area contributed by atoms with Gasteiger partial charge in [0.2, 0.25) is 0 Å². The first-order valence-corrected chi connectivity index (χ1v) is 9.22. The Morgan fingerprint density at radius 1 is 1.29 bits per heavy atom. The largest absolute Gasteiger partial charge is 0.344 e. The third kappa shape index (κ3) is 3.25. The summed E-state index contributed by atoms with van der Waals surface area (Å²) >= 11 is 7.89. The number of aromatic amines is 1. The fraction of sp³-hybridized carbons (Fsp3) is 0.158. The number of aromatic nitrogens is 3. The molecule has 1 N–H and O–H groups in total. The van der Waals surface area contributed by atoms with Crippen molar-refractivity contribution in [1.29, 1.82) is 0 Å². The van der Waals surface area contributed by atoms with Gasteiger partial charge in [0.15, 0.2) is 5.65 Å². The molecule has 5 heteroatoms. The average Bonchev–Trinajstić information content (AvgIpc) is 3.04. The molecule has 1 aromatic carbocycles. The molecule has 0 spiro atoms. The maximum absolute atomic E-state index is 6.00. The van der Waals surface area contributed by atoms with Gasteiger partial charge in [-0.15, -0.1) is 11.8 Å². The second-order valence-corrected chi connectivity index (χ2v) is 7.22. The highest BCUT2D eigenvalue weighted by atomic mass is 35.5. The van der Waals surface area contributed by atoms with Crippen LogP contribution in [0.25, 0.3) is 22.3 Å². The molecule has 1 aliphatic carbocycles. The highest BCUT2D eigenvalue weighted by molar-refractivity contribution is 7.99. The molecule has 0 radical (unpaired) electrons. The molecule has 120 valence electrons. The van der Waals surface area contributed by atoms with Crippen LogP contribution in [0.5, 0.6) is 0 Å². The van der Waals surface area contributed by atoms with Crippen LogP contribution in [0, 0.1) is 5.92 Å². The van der Waals surface area contributed by atoms with Crippen LogP contribution in [0.2, 0.25) is 5.15 Å². The predicted octanol–water partition coefficient (Wildman–Crippen LogP) is 5.50. The molecule has 2 aromatic heterocycles. The maximum atomic E-state index is 6.00. The second-order valence-electron chi connectivity index (χ2n) is 5.74. The number of allylic oxidation sites excluding steroid dienone is 4. The molecule has 0 fully saturated rings. The predicted molar refractivity (Wildman–Crippen MR) is 101 cm³/mol. The van der Waals surface area contributed by atoms with Crippen LogP contribution in [0.15, 0.2) is 65.9 Å². The van der Waals surface area contributed by atoms with Gasteiger partial charge in [0.1, 0.15) is 10.7 Å². The Morgan fingerprint density at radius 2 is 2.25 bits per heavy atom. The van der Waals surface area contributed by atoms with E-state index in [1.807, 2.05) is 18.0 Å². The van der Waals surface area contributed by atoms with Gasteiger partial charge in [0.05, 0.1) is 6.20 Å². The molecule has 4 rings (SSSR count). The first-order chi connectivity index (χ1) is 11.8. The molecule has 1 aliphatic rings. The Morgan fingerprint density at radius 3 is 3.12 bits per heavy atom. The zero-order chi connectivity index (χ0) is 16.4. The molecule has 2 heterocycles. The van der Waals surface area contributed by atoms with Gasteiger partial charge in [-0.05, 0) is 30.0 Å². The minimum Gasteiger partial charge on any atom is -0.344 e. The van der Waals surface area contributed by atoms with Gasteiger partial charge in [-0.2, -0.15) is 0 Å². The van der Waals surface area contributed by atoms with Crippen molar-refractivity contribution in [2.45, 2.75) is 11.3 Å². The van der Waals surface area contributed by atoms with Gasteiger partial charge in [-0.3, -0.25) is 0 Å². The van der Waals surface area contributed by atoms with Crippen LogP contribution < -0.4 is 0 Å². The van der Waals surface area contributed by atoms with E-state index < -0.39 is 0 Å². The standard InChI is InChI=1S/C19H16ClN3S/c20-17-11-22-19-18(23-17)16(10-21-19)14-7-4-8-15(9-14)24-12-13-5-2-1-3-6-13/h1-5,7-11,13H,6,12H2,(H,21,22). The summed E-state index contributed by atoms with van der Waals surface area (Å²) in [4.78, 5) is 13.1. The molecule has 1 unspecified atom stereocenters. The maximum Gasteiger partial charge on any atom is 0.156 e. The number of hydrogen-bond donors (Lipinski definition) is 1. The summed E-state index contributed by atoms with van der Waals surface area (Å²) < 4.78 is 0. The van der Waals surface area contributed by atoms with Gasteiger partial charge < -0.3 is 4.98 Å². The Balaban J connectivity index is 1.58. The van der Waals surface area contributed by atoms with Crippen molar-refractivity contribution >= 4 is 34.5 Å². The molecule has 1 atom stereocenters. The molecule has 0 aliphatic heterocycles. The number of nitrogens with zero attached hydrogens (tertiary/aromatic N) is 2. The van der Waals surface area contributed by atoms with Gasteiger partial charge in [0, 0.05) is 22.4 Å². The molecular formula is C19H16ClN3S. The summed E-state index contributed by atoms with van der Waals surface area (Å²) in [6, 6.07) is 8.55. The van der Waals surface area contributed by atoms with E-state index in [1.165, 1.54) is 4.90 Å². The van der Waals surface area contributed by atoms with Gasteiger partial charge >= 0.3 is 0 Å². The van der Waals surface area contributed by atoms with Crippen molar-refractivity contribution < 1.29 is 0 Å². The highest BCUT2D eigenvalue weighted by Gasteiger charge is 2.11. The number of halogens is 1. The van der Waals surface area contributed by atoms with Crippen LogP contribution in [-0.2, 0) is 0 Å². The van der Waals surface area contributed by atoms with Crippen LogP contribution in [0.3, 0.4) is 0 Å². The summed E-state index contributed by atoms with van der Waals surface area (Å²) in [7, 11) is 0. The number of fused-ring (bicyclic) bond motifs is 1. The number of H-pyrrole nitrogens is 1. The Hall–Kier alpha value is -2.04. The molecule has 0 amide bonds. The zero-order valence-electron chi connectivity index (χ0n) is 12.9. The van der Waals surface area contributed by atoms with E-state index in [-0.39, 0.29) is 0 Å². The number of benzene rings is 1. The number of hydrogen-bond acceptors (Lipinski definition) is 3. The van der Waals surface area contributed by atoms with E-state index >= 15 is 0 Å². The van der Waals surface area contributed by atoms with Gasteiger partial charge in [-0.1, -0.05) is 48.0 Å². The fourth-order valence-electron chi connectivity index (χ4n) is 2.80. The minimum absolute atomic E-state index is 0.408. The highest BCUT2D eigenvalue weighted by Crippen LogP contribution is 2.31. The lowest BCUT2D eigenvalue weighted by Crippen LogP contribution is -2.00. The summed E-state index contributed by atoms with van der Waals surface area (Å²) in [6.07, 6.45) is 13.4. The monoisotopic (exact) mass is 353 g/mol. The average molecular weight is 354 g/mol. The van der Waals surface area contributed by atoms with Crippen molar-refractivity contribution in [2.24, 2.45) is 5.92 Å². The molecule has 24 heavy (non-hydrogen) atoms. The van der Waals surface area contributed by atoms with E-state index in [4.69, 9.17) is 11.6 Å². The number of thioether (sulfide) groups is 1. The van der Waals surface area contributed by atoms with E-state index in [9.17, 15) is 0 Å². The normalized spacial score (nSPS) is 16.8. The third-order valence-electron chi connectivity index (χ3n) is 4.03. The van der Waals surface area contributed by atoms with E-state index in [0.717, 1.165) is 34.5 Å². The molecule has 3 nitrogen and oxygen atoms in total. The van der Waals surface area contributed by atoms with Crippen molar-refractivity contribution in [3.8, 4) is 11.1 Å². The SMILES string of the molecule is Clc1cnc2[nH]cc(-c3cccc(SCC4C=CC=CC4)c3)c2n1. The van der Waals surface area contributed by atoms with Crippen molar-refractivity contribution in [1.82, 2.24) is 15.0 Å². The van der Waals surface area contributed by atoms with Crippen LogP contribution in [0.4, 0.5) is 0 Å². The van der Waals surface area contributed by atoms with Gasteiger partial charge in [0.25, 0.3) is 0 Å². The lowest BCUT2D eigenvalue weighted by Gasteiger charge is -2.12. The number of rotatable bonds is 4. The fourth-order valence-corrected chi connectivity index (χ4v) is 3.97. The Kier molecular flexibility index (Phi) is 4.41. The van der Waals surface area contributed by atoms with Crippen LogP contribution >= 0.6 is 23.4 Å². The third-order valence-corrected chi connectivity index (χ3v) is 5.39. The quantitative estimate of drug-likeness (QED) is 0.629. The molecular weight excluding hydrogens is 338 g/mol. The summed E-state index contributed by atoms with van der Waals surface area (Å²) in [5.41, 5.74) is 3.72. The van der Waals surface area contributed by atoms with Crippen molar-refractivity contribution in [2.75, 3.05) is 5.75 Å². The van der Waals surface area contributed by atoms with Crippen molar-refractivity contribution in [3.05, 3.63) is 66.1 Å². The first kappa shape index (κ1) is 15.5. The Bertz CT molecular complexity index is 929. The summed E-state index contributed by atoms with van der Waals surface area (Å²) in [5, 5.41) is 0.408. The van der Waals surface area contributed by atoms with E-state index in [1.54, 1.807) is 6.20 Å². The molecule has 0 saturated carbocycles.